The summed E-state index contributed by atoms with van der Waals surface area (Å²) in [5.74, 6) is 1.19. The molecule has 0 saturated carbocycles. The first kappa shape index (κ1) is 19.0. The van der Waals surface area contributed by atoms with Crippen LogP contribution < -0.4 is 0 Å². The van der Waals surface area contributed by atoms with Crippen molar-refractivity contribution in [2.24, 2.45) is 0 Å². The van der Waals surface area contributed by atoms with E-state index in [9.17, 15) is 8.42 Å². The lowest BCUT2D eigenvalue weighted by Crippen LogP contribution is -2.37. The Morgan fingerprint density at radius 1 is 1.23 bits per heavy atom. The average molecular weight is 377 g/mol. The number of aromatic nitrogens is 3. The van der Waals surface area contributed by atoms with Gasteiger partial charge in [-0.05, 0) is 31.2 Å². The number of unbranched alkanes of at least 4 members (excludes halogenated alkanes) is 1. The first-order chi connectivity index (χ1) is 12.6. The monoisotopic (exact) mass is 376 g/mol. The van der Waals surface area contributed by atoms with Crippen molar-refractivity contribution in [3.05, 3.63) is 48.0 Å². The molecule has 1 atom stereocenters. The molecule has 0 N–H and O–H groups in total. The van der Waals surface area contributed by atoms with Crippen molar-refractivity contribution in [2.75, 3.05) is 12.3 Å². The summed E-state index contributed by atoms with van der Waals surface area (Å²) in [5.41, 5.74) is 1.21. The smallest absolute Gasteiger partial charge is 0.214 e. The van der Waals surface area contributed by atoms with Gasteiger partial charge in [-0.1, -0.05) is 43.7 Å². The molecule has 1 unspecified atom stereocenters. The minimum Gasteiger partial charge on any atom is -0.313 e. The Hall–Kier alpha value is -1.73. The molecule has 1 aromatic heterocycles. The highest BCUT2D eigenvalue weighted by Gasteiger charge is 2.33. The summed E-state index contributed by atoms with van der Waals surface area (Å²) in [6, 6.07) is 10.3. The van der Waals surface area contributed by atoms with Crippen molar-refractivity contribution in [3.63, 3.8) is 0 Å². The average Bonchev–Trinajstić information content (AvgIpc) is 3.28. The fraction of sp³-hybridized carbons (Fsp3) is 0.579. The molecule has 3 rings (SSSR count). The van der Waals surface area contributed by atoms with Crippen LogP contribution in [0.4, 0.5) is 0 Å². The molecule has 0 spiro atoms. The van der Waals surface area contributed by atoms with Gasteiger partial charge in [-0.15, -0.1) is 10.2 Å². The van der Waals surface area contributed by atoms with Gasteiger partial charge in [0.05, 0.1) is 12.3 Å². The Bertz CT molecular complexity index is 789. The number of rotatable bonds is 9. The van der Waals surface area contributed by atoms with Crippen molar-refractivity contribution in [3.8, 4) is 0 Å². The Balaban J connectivity index is 1.61. The van der Waals surface area contributed by atoms with Gasteiger partial charge in [0, 0.05) is 19.0 Å². The molecule has 0 amide bonds. The van der Waals surface area contributed by atoms with Gasteiger partial charge in [0.2, 0.25) is 10.0 Å². The molecule has 6 nitrogen and oxygen atoms in total. The Morgan fingerprint density at radius 2 is 2.04 bits per heavy atom. The standard InChI is InChI=1S/C19H28N4O2S/c1-2-3-14-26(24,25)23-13-7-10-18(23)11-12-19-21-20-16-22(19)15-17-8-5-4-6-9-17/h4-6,8-9,16,18H,2-3,7,10-15H2,1H3. The van der Waals surface area contributed by atoms with Crippen LogP contribution in [0.1, 0.15) is 50.4 Å². The van der Waals surface area contributed by atoms with E-state index in [1.165, 1.54) is 5.56 Å². The van der Waals surface area contributed by atoms with E-state index in [0.717, 1.165) is 50.9 Å². The minimum atomic E-state index is -3.13. The van der Waals surface area contributed by atoms with E-state index in [0.29, 0.717) is 6.54 Å². The zero-order valence-corrected chi connectivity index (χ0v) is 16.2. The molecule has 0 radical (unpaired) electrons. The van der Waals surface area contributed by atoms with Crippen LogP contribution in [0.5, 0.6) is 0 Å². The number of benzene rings is 1. The number of nitrogens with zero attached hydrogens (tertiary/aromatic N) is 4. The lowest BCUT2D eigenvalue weighted by atomic mass is 10.1. The third-order valence-electron chi connectivity index (χ3n) is 5.03. The van der Waals surface area contributed by atoms with Crippen LogP contribution in [0.2, 0.25) is 0 Å². The van der Waals surface area contributed by atoms with E-state index in [1.807, 2.05) is 25.1 Å². The maximum Gasteiger partial charge on any atom is 0.214 e. The first-order valence-electron chi connectivity index (χ1n) is 9.50. The molecule has 1 aromatic carbocycles. The number of hydrogen-bond donors (Lipinski definition) is 0. The summed E-state index contributed by atoms with van der Waals surface area (Å²) in [6.07, 6.45) is 6.84. The van der Waals surface area contributed by atoms with E-state index in [1.54, 1.807) is 10.6 Å². The fourth-order valence-corrected chi connectivity index (χ4v) is 5.55. The molecule has 142 valence electrons. The molecular weight excluding hydrogens is 348 g/mol. The van der Waals surface area contributed by atoms with Gasteiger partial charge in [0.25, 0.3) is 0 Å². The molecule has 26 heavy (non-hydrogen) atoms. The predicted molar refractivity (Wildman–Crippen MR) is 102 cm³/mol. The van der Waals surface area contributed by atoms with E-state index < -0.39 is 10.0 Å². The second-order valence-electron chi connectivity index (χ2n) is 6.98. The van der Waals surface area contributed by atoms with Crippen molar-refractivity contribution < 1.29 is 8.42 Å². The zero-order valence-electron chi connectivity index (χ0n) is 15.4. The highest BCUT2D eigenvalue weighted by molar-refractivity contribution is 7.89. The molecule has 0 aliphatic carbocycles. The third kappa shape index (κ3) is 4.71. The molecule has 1 fully saturated rings. The molecule has 1 saturated heterocycles. The van der Waals surface area contributed by atoms with Crippen LogP contribution in [0.25, 0.3) is 0 Å². The lowest BCUT2D eigenvalue weighted by molar-refractivity contribution is 0.367. The maximum absolute atomic E-state index is 12.6. The molecule has 7 heteroatoms. The second kappa shape index (κ2) is 8.77. The highest BCUT2D eigenvalue weighted by Crippen LogP contribution is 2.25. The topological polar surface area (TPSA) is 68.1 Å². The predicted octanol–water partition coefficient (Wildman–Crippen LogP) is 2.85. The van der Waals surface area contributed by atoms with Gasteiger partial charge in [-0.2, -0.15) is 4.31 Å². The van der Waals surface area contributed by atoms with Gasteiger partial charge in [-0.25, -0.2) is 8.42 Å². The molecule has 1 aliphatic rings. The van der Waals surface area contributed by atoms with Gasteiger partial charge in [0.1, 0.15) is 12.2 Å². The van der Waals surface area contributed by atoms with Gasteiger partial charge in [-0.3, -0.25) is 0 Å². The van der Waals surface area contributed by atoms with Crippen LogP contribution >= 0.6 is 0 Å². The third-order valence-corrected chi connectivity index (χ3v) is 7.03. The Kier molecular flexibility index (Phi) is 6.43. The number of hydrogen-bond acceptors (Lipinski definition) is 4. The summed E-state index contributed by atoms with van der Waals surface area (Å²) in [5, 5.41) is 8.31. The van der Waals surface area contributed by atoms with Crippen molar-refractivity contribution in [1.29, 1.82) is 0 Å². The van der Waals surface area contributed by atoms with Crippen LogP contribution in [-0.2, 0) is 23.0 Å². The summed E-state index contributed by atoms with van der Waals surface area (Å²) in [6.45, 7) is 3.43. The second-order valence-corrected chi connectivity index (χ2v) is 9.02. The van der Waals surface area contributed by atoms with E-state index in [4.69, 9.17) is 0 Å². The van der Waals surface area contributed by atoms with Crippen molar-refractivity contribution in [1.82, 2.24) is 19.1 Å². The van der Waals surface area contributed by atoms with Crippen molar-refractivity contribution in [2.45, 2.75) is 58.0 Å². The summed E-state index contributed by atoms with van der Waals surface area (Å²) < 4.78 is 28.9. The molecule has 2 aromatic rings. The SMILES string of the molecule is CCCCS(=O)(=O)N1CCCC1CCc1nncn1Cc1ccccc1. The maximum atomic E-state index is 12.6. The van der Waals surface area contributed by atoms with Crippen LogP contribution in [0, 0.1) is 0 Å². The van der Waals surface area contributed by atoms with Gasteiger partial charge in [0.15, 0.2) is 0 Å². The minimum absolute atomic E-state index is 0.0960. The lowest BCUT2D eigenvalue weighted by Gasteiger charge is -2.24. The quantitative estimate of drug-likeness (QED) is 0.675. The number of aryl methyl sites for hydroxylation is 1. The Labute approximate surface area is 156 Å². The molecule has 1 aliphatic heterocycles. The molecule has 0 bridgehead atoms. The van der Waals surface area contributed by atoms with Gasteiger partial charge >= 0.3 is 0 Å². The van der Waals surface area contributed by atoms with E-state index in [2.05, 4.69) is 26.9 Å². The summed E-state index contributed by atoms with van der Waals surface area (Å²) in [7, 11) is -3.13. The molecule has 2 heterocycles. The van der Waals surface area contributed by atoms with Gasteiger partial charge < -0.3 is 4.57 Å². The van der Waals surface area contributed by atoms with Crippen molar-refractivity contribution >= 4 is 10.0 Å². The molecular formula is C19H28N4O2S. The van der Waals surface area contributed by atoms with E-state index in [-0.39, 0.29) is 11.8 Å². The summed E-state index contributed by atoms with van der Waals surface area (Å²) >= 11 is 0. The van der Waals surface area contributed by atoms with Crippen LogP contribution in [0.15, 0.2) is 36.7 Å². The normalized spacial score (nSPS) is 18.4. The van der Waals surface area contributed by atoms with Crippen LogP contribution in [-0.4, -0.2) is 45.8 Å². The summed E-state index contributed by atoms with van der Waals surface area (Å²) in [4.78, 5) is 0. The van der Waals surface area contributed by atoms with Crippen LogP contribution in [0.3, 0.4) is 0 Å². The fourth-order valence-electron chi connectivity index (χ4n) is 3.59. The Morgan fingerprint density at radius 3 is 2.81 bits per heavy atom. The largest absolute Gasteiger partial charge is 0.313 e. The number of sulfonamides is 1. The first-order valence-corrected chi connectivity index (χ1v) is 11.1. The van der Waals surface area contributed by atoms with E-state index >= 15 is 0 Å². The highest BCUT2D eigenvalue weighted by atomic mass is 32.2. The zero-order chi connectivity index (χ0) is 18.4.